The van der Waals surface area contributed by atoms with Gasteiger partial charge in [0.2, 0.25) is 0 Å². The van der Waals surface area contributed by atoms with E-state index >= 15 is 0 Å². The van der Waals surface area contributed by atoms with Gasteiger partial charge in [0.25, 0.3) is 0 Å². The predicted molar refractivity (Wildman–Crippen MR) is 227 cm³/mol. The third-order valence-corrected chi connectivity index (χ3v) is 12.1. The zero-order valence-corrected chi connectivity index (χ0v) is 29.9. The first kappa shape index (κ1) is 30.7. The molecule has 0 aliphatic rings. The van der Waals surface area contributed by atoms with Crippen LogP contribution in [0, 0.1) is 0 Å². The van der Waals surface area contributed by atoms with E-state index in [4.69, 9.17) is 0 Å². The monoisotopic (exact) mass is 696 g/mol. The molecule has 0 bridgehead atoms. The molecule has 0 unspecified atom stereocenters. The first-order valence-electron chi connectivity index (χ1n) is 17.7. The van der Waals surface area contributed by atoms with E-state index in [0.29, 0.717) is 0 Å². The summed E-state index contributed by atoms with van der Waals surface area (Å²) in [5, 5.41) is 11.9. The molecule has 0 atom stereocenters. The van der Waals surface area contributed by atoms with Crippen molar-refractivity contribution in [2.75, 3.05) is 0 Å². The Morgan fingerprint density at radius 2 is 0.519 bits per heavy atom. The van der Waals surface area contributed by atoms with Crippen molar-refractivity contribution in [3.05, 3.63) is 193 Å². The highest BCUT2D eigenvalue weighted by atomic mass is 32.1. The third-order valence-electron chi connectivity index (χ3n) is 10.3. The second-order valence-corrected chi connectivity index (χ2v) is 15.1. The molecular weight excluding hydrogens is 665 g/mol. The van der Waals surface area contributed by atoms with Crippen LogP contribution in [0.1, 0.15) is 0 Å². The van der Waals surface area contributed by atoms with E-state index in [1.165, 1.54) is 97.7 Å². The van der Waals surface area contributed by atoms with Crippen molar-refractivity contribution in [3.63, 3.8) is 0 Å². The van der Waals surface area contributed by atoms with Crippen LogP contribution in [0.3, 0.4) is 0 Å². The fourth-order valence-electron chi connectivity index (χ4n) is 8.02. The number of rotatable bonds is 6. The van der Waals surface area contributed by atoms with Crippen molar-refractivity contribution >= 4 is 55.0 Å². The van der Waals surface area contributed by atoms with Crippen molar-refractivity contribution in [3.8, 4) is 65.4 Å². The molecule has 0 spiro atoms. The summed E-state index contributed by atoms with van der Waals surface area (Å²) < 4.78 is 0. The normalized spacial score (nSPS) is 11.5. The van der Waals surface area contributed by atoms with Crippen molar-refractivity contribution in [2.24, 2.45) is 0 Å². The topological polar surface area (TPSA) is 0 Å². The van der Waals surface area contributed by atoms with Crippen LogP contribution < -0.4 is 0 Å². The first-order chi connectivity index (χ1) is 25.8. The lowest BCUT2D eigenvalue weighted by atomic mass is 9.77. The smallest absolute Gasteiger partial charge is 0.0342 e. The van der Waals surface area contributed by atoms with E-state index in [9.17, 15) is 0 Å². The SMILES string of the molecule is c1ccc(-c2c3ccccc3c(-c3ccccc3)c3c(-c4ccc(-c5cccs5)cc4)c4ccccc4c(-c4ccc(-c5cccs5)cc4)c23)cc1. The van der Waals surface area contributed by atoms with Crippen LogP contribution in [-0.2, 0) is 0 Å². The zero-order valence-electron chi connectivity index (χ0n) is 28.3. The number of fused-ring (bicyclic) bond motifs is 3. The van der Waals surface area contributed by atoms with Gasteiger partial charge in [0.15, 0.2) is 0 Å². The van der Waals surface area contributed by atoms with Crippen LogP contribution >= 0.6 is 22.7 Å². The van der Waals surface area contributed by atoms with E-state index in [0.717, 1.165) is 0 Å². The summed E-state index contributed by atoms with van der Waals surface area (Å²) in [4.78, 5) is 2.56. The standard InChI is InChI=1S/C50H32S2/c1-3-13-35(14-4-1)45-39-17-7-8-18-40(39)46(36-15-5-2-6-16-36)50-48(38-29-25-34(26-30-38)44-22-12-32-52-44)42-20-10-9-19-41(42)47(49(45)50)37-27-23-33(24-28-37)43-21-11-31-51-43/h1-32H. The summed E-state index contributed by atoms with van der Waals surface area (Å²) in [6.07, 6.45) is 0. The van der Waals surface area contributed by atoms with Gasteiger partial charge in [0.1, 0.15) is 0 Å². The Morgan fingerprint density at radius 1 is 0.231 bits per heavy atom. The predicted octanol–water partition coefficient (Wildman–Crippen LogP) is 15.3. The lowest BCUT2D eigenvalue weighted by molar-refractivity contribution is 1.63. The van der Waals surface area contributed by atoms with Crippen LogP contribution in [0.2, 0.25) is 0 Å². The van der Waals surface area contributed by atoms with Crippen molar-refractivity contribution in [1.29, 1.82) is 0 Å². The summed E-state index contributed by atoms with van der Waals surface area (Å²) >= 11 is 3.57. The van der Waals surface area contributed by atoms with Gasteiger partial charge in [-0.05, 0) is 111 Å². The van der Waals surface area contributed by atoms with Crippen molar-refractivity contribution in [1.82, 2.24) is 0 Å². The second-order valence-electron chi connectivity index (χ2n) is 13.2. The Hall–Kier alpha value is -6.06. The van der Waals surface area contributed by atoms with Gasteiger partial charge in [0, 0.05) is 9.75 Å². The summed E-state index contributed by atoms with van der Waals surface area (Å²) in [5.74, 6) is 0. The van der Waals surface area contributed by atoms with Crippen LogP contribution in [0.25, 0.3) is 97.7 Å². The molecule has 0 nitrogen and oxygen atoms in total. The lowest BCUT2D eigenvalue weighted by Gasteiger charge is -2.25. The molecule has 8 aromatic carbocycles. The van der Waals surface area contributed by atoms with Crippen LogP contribution in [0.15, 0.2) is 193 Å². The minimum absolute atomic E-state index is 1.22. The number of hydrogen-bond acceptors (Lipinski definition) is 2. The summed E-state index contributed by atoms with van der Waals surface area (Å²) in [6.45, 7) is 0. The van der Waals surface area contributed by atoms with Gasteiger partial charge < -0.3 is 0 Å². The molecule has 0 fully saturated rings. The molecule has 0 saturated heterocycles. The highest BCUT2D eigenvalue weighted by Crippen LogP contribution is 2.53. The van der Waals surface area contributed by atoms with E-state index in [2.05, 4.69) is 193 Å². The molecule has 52 heavy (non-hydrogen) atoms. The molecule has 2 heteroatoms. The minimum atomic E-state index is 1.22. The quantitative estimate of drug-likeness (QED) is 0.152. The van der Waals surface area contributed by atoms with Crippen molar-refractivity contribution < 1.29 is 0 Å². The third kappa shape index (κ3) is 5.11. The van der Waals surface area contributed by atoms with E-state index < -0.39 is 0 Å². The molecule has 2 heterocycles. The van der Waals surface area contributed by atoms with Crippen molar-refractivity contribution in [2.45, 2.75) is 0 Å². The largest absolute Gasteiger partial charge is 0.144 e. The van der Waals surface area contributed by atoms with Crippen LogP contribution in [0.5, 0.6) is 0 Å². The summed E-state index contributed by atoms with van der Waals surface area (Å²) in [5.41, 5.74) is 12.4. The molecule has 0 aliphatic carbocycles. The van der Waals surface area contributed by atoms with Crippen LogP contribution in [-0.4, -0.2) is 0 Å². The Kier molecular flexibility index (Phi) is 7.64. The molecule has 2 aromatic heterocycles. The zero-order chi connectivity index (χ0) is 34.4. The first-order valence-corrected chi connectivity index (χ1v) is 19.4. The second kappa shape index (κ2) is 12.9. The minimum Gasteiger partial charge on any atom is -0.144 e. The van der Waals surface area contributed by atoms with Gasteiger partial charge in [-0.25, -0.2) is 0 Å². The number of thiophene rings is 2. The molecule has 10 aromatic rings. The fourth-order valence-corrected chi connectivity index (χ4v) is 9.49. The molecule has 244 valence electrons. The lowest BCUT2D eigenvalue weighted by Crippen LogP contribution is -1.97. The molecular formula is C50H32S2. The van der Waals surface area contributed by atoms with Gasteiger partial charge in [-0.3, -0.25) is 0 Å². The summed E-state index contributed by atoms with van der Waals surface area (Å²) in [7, 11) is 0. The number of benzene rings is 8. The highest BCUT2D eigenvalue weighted by Gasteiger charge is 2.25. The average Bonchev–Trinajstić information content (AvgIpc) is 3.96. The molecule has 0 N–H and O–H groups in total. The van der Waals surface area contributed by atoms with E-state index in [-0.39, 0.29) is 0 Å². The molecule has 0 amide bonds. The molecule has 10 rings (SSSR count). The van der Waals surface area contributed by atoms with E-state index in [1.807, 2.05) is 0 Å². The molecule has 0 radical (unpaired) electrons. The Labute approximate surface area is 311 Å². The Balaban J connectivity index is 1.43. The van der Waals surface area contributed by atoms with Gasteiger partial charge >= 0.3 is 0 Å². The van der Waals surface area contributed by atoms with Gasteiger partial charge in [0.05, 0.1) is 0 Å². The molecule has 0 aliphatic heterocycles. The van der Waals surface area contributed by atoms with E-state index in [1.54, 1.807) is 22.7 Å². The fraction of sp³-hybridized carbons (Fsp3) is 0. The van der Waals surface area contributed by atoms with Gasteiger partial charge in [-0.1, -0.05) is 170 Å². The number of hydrogen-bond donors (Lipinski definition) is 0. The maximum Gasteiger partial charge on any atom is 0.0342 e. The maximum absolute atomic E-state index is 2.33. The Morgan fingerprint density at radius 3 is 0.827 bits per heavy atom. The van der Waals surface area contributed by atoms with Crippen LogP contribution in [0.4, 0.5) is 0 Å². The maximum atomic E-state index is 2.33. The molecule has 0 saturated carbocycles. The Bertz CT molecular complexity index is 2630. The summed E-state index contributed by atoms with van der Waals surface area (Å²) in [6, 6.07) is 67.2. The highest BCUT2D eigenvalue weighted by molar-refractivity contribution is 7.13. The van der Waals surface area contributed by atoms with Gasteiger partial charge in [-0.2, -0.15) is 0 Å². The van der Waals surface area contributed by atoms with Gasteiger partial charge in [-0.15, -0.1) is 22.7 Å². The average molecular weight is 697 g/mol.